The topological polar surface area (TPSA) is 25.8 Å². The fourth-order valence-electron chi connectivity index (χ4n) is 1.94. The van der Waals surface area contributed by atoms with E-state index in [-0.39, 0.29) is 32.5 Å². The maximum Gasteiger partial charge on any atom is 0.161 e. The molecule has 0 aliphatic rings. The van der Waals surface area contributed by atoms with E-state index in [9.17, 15) is 13.2 Å². The molecule has 1 aromatic heterocycles. The van der Waals surface area contributed by atoms with Crippen molar-refractivity contribution < 1.29 is 13.2 Å². The molecule has 7 heteroatoms. The summed E-state index contributed by atoms with van der Waals surface area (Å²) in [6, 6.07) is 5.23. The molecule has 2 nitrogen and oxygen atoms in total. The van der Waals surface area contributed by atoms with Crippen LogP contribution < -0.4 is 0 Å². The van der Waals surface area contributed by atoms with Crippen molar-refractivity contribution in [2.45, 2.75) is 0 Å². The van der Waals surface area contributed by atoms with Crippen molar-refractivity contribution in [1.82, 2.24) is 9.97 Å². The van der Waals surface area contributed by atoms with E-state index in [4.69, 9.17) is 23.2 Å². The zero-order chi connectivity index (χ0) is 15.1. The number of aromatic nitrogens is 2. The molecular weight excluding hydrogens is 324 g/mol. The Morgan fingerprint density at radius 1 is 0.857 bits per heavy atom. The molecule has 0 atom stereocenters. The Labute approximate surface area is 127 Å². The van der Waals surface area contributed by atoms with Crippen LogP contribution in [0.1, 0.15) is 0 Å². The Bertz CT molecular complexity index is 848. The van der Waals surface area contributed by atoms with Crippen molar-refractivity contribution in [3.05, 3.63) is 58.0 Å². The number of hydrogen-bond donors (Lipinski definition) is 0. The molecule has 0 spiro atoms. The summed E-state index contributed by atoms with van der Waals surface area (Å²) in [5.41, 5.74) is -0.0576. The number of nitrogens with zero attached hydrogens (tertiary/aromatic N) is 2. The molecule has 3 rings (SSSR count). The first-order valence-electron chi connectivity index (χ1n) is 5.73. The van der Waals surface area contributed by atoms with Gasteiger partial charge in [0.15, 0.2) is 5.82 Å². The van der Waals surface area contributed by atoms with Crippen LogP contribution in [0.4, 0.5) is 13.2 Å². The number of hydrogen-bond acceptors (Lipinski definition) is 2. The van der Waals surface area contributed by atoms with Gasteiger partial charge in [0, 0.05) is 11.6 Å². The Kier molecular flexibility index (Phi) is 3.47. The second-order valence-corrected chi connectivity index (χ2v) is 5.01. The first-order valence-corrected chi connectivity index (χ1v) is 6.49. The third-order valence-electron chi connectivity index (χ3n) is 2.83. The largest absolute Gasteiger partial charge is 0.225 e. The van der Waals surface area contributed by atoms with Crippen molar-refractivity contribution in [1.29, 1.82) is 0 Å². The highest BCUT2D eigenvalue weighted by Crippen LogP contribution is 2.32. The molecule has 0 amide bonds. The van der Waals surface area contributed by atoms with Gasteiger partial charge in [0.1, 0.15) is 28.1 Å². The minimum atomic E-state index is -0.795. The highest BCUT2D eigenvalue weighted by atomic mass is 35.5. The summed E-state index contributed by atoms with van der Waals surface area (Å²) >= 11 is 11.9. The van der Waals surface area contributed by atoms with Gasteiger partial charge in [-0.2, -0.15) is 0 Å². The van der Waals surface area contributed by atoms with Crippen LogP contribution in [-0.4, -0.2) is 9.97 Å². The second kappa shape index (κ2) is 5.16. The molecule has 0 saturated carbocycles. The quantitative estimate of drug-likeness (QED) is 0.586. The standard InChI is InChI=1S/C14H5Cl2F3N2/c15-9-1-2-10(19)12-11(9)13(16)21-14(20-12)6-3-7(17)5-8(18)4-6/h1-5H. The van der Waals surface area contributed by atoms with Crippen LogP contribution in [0.5, 0.6) is 0 Å². The Hall–Kier alpha value is -1.85. The molecule has 21 heavy (non-hydrogen) atoms. The van der Waals surface area contributed by atoms with Gasteiger partial charge in [0.2, 0.25) is 0 Å². The molecule has 0 bridgehead atoms. The highest BCUT2D eigenvalue weighted by molar-refractivity contribution is 6.41. The normalized spacial score (nSPS) is 11.1. The van der Waals surface area contributed by atoms with E-state index in [0.29, 0.717) is 6.07 Å². The summed E-state index contributed by atoms with van der Waals surface area (Å²) in [7, 11) is 0. The predicted octanol–water partition coefficient (Wildman–Crippen LogP) is 5.02. The average molecular weight is 329 g/mol. The second-order valence-electron chi connectivity index (χ2n) is 4.25. The molecule has 0 N–H and O–H groups in total. The lowest BCUT2D eigenvalue weighted by Crippen LogP contribution is -1.96. The highest BCUT2D eigenvalue weighted by Gasteiger charge is 2.15. The van der Waals surface area contributed by atoms with Gasteiger partial charge in [-0.05, 0) is 24.3 Å². The minimum absolute atomic E-state index is 0.0516. The maximum absolute atomic E-state index is 13.8. The van der Waals surface area contributed by atoms with Gasteiger partial charge in [0.05, 0.1) is 10.4 Å². The molecule has 1 heterocycles. The van der Waals surface area contributed by atoms with Crippen molar-refractivity contribution in [3.63, 3.8) is 0 Å². The van der Waals surface area contributed by atoms with Gasteiger partial charge in [-0.25, -0.2) is 23.1 Å². The summed E-state index contributed by atoms with van der Waals surface area (Å²) in [6.45, 7) is 0. The zero-order valence-corrected chi connectivity index (χ0v) is 11.7. The van der Waals surface area contributed by atoms with Crippen molar-refractivity contribution >= 4 is 34.1 Å². The van der Waals surface area contributed by atoms with Crippen molar-refractivity contribution in [2.75, 3.05) is 0 Å². The summed E-state index contributed by atoms with van der Waals surface area (Å²) in [4.78, 5) is 7.89. The first-order chi connectivity index (χ1) is 9.95. The SMILES string of the molecule is Fc1cc(F)cc(-c2nc(Cl)c3c(Cl)ccc(F)c3n2)c1. The van der Waals surface area contributed by atoms with E-state index in [1.54, 1.807) is 0 Å². The number of fused-ring (bicyclic) bond motifs is 1. The Morgan fingerprint density at radius 3 is 2.19 bits per heavy atom. The van der Waals surface area contributed by atoms with Crippen LogP contribution in [0.3, 0.4) is 0 Å². The molecule has 2 aromatic carbocycles. The fourth-order valence-corrected chi connectivity index (χ4v) is 2.50. The van der Waals surface area contributed by atoms with Crippen molar-refractivity contribution in [3.8, 4) is 11.4 Å². The molecule has 0 unspecified atom stereocenters. The smallest absolute Gasteiger partial charge is 0.161 e. The third kappa shape index (κ3) is 2.54. The van der Waals surface area contributed by atoms with E-state index in [1.165, 1.54) is 6.07 Å². The van der Waals surface area contributed by atoms with Gasteiger partial charge in [0.25, 0.3) is 0 Å². The summed E-state index contributed by atoms with van der Waals surface area (Å²) < 4.78 is 40.3. The van der Waals surface area contributed by atoms with Crippen molar-refractivity contribution in [2.24, 2.45) is 0 Å². The van der Waals surface area contributed by atoms with Gasteiger partial charge in [-0.3, -0.25) is 0 Å². The van der Waals surface area contributed by atoms with Crippen LogP contribution in [0.2, 0.25) is 10.2 Å². The summed E-state index contributed by atoms with van der Waals surface area (Å²) in [5.74, 6) is -2.34. The average Bonchev–Trinajstić information content (AvgIpc) is 2.41. The van der Waals surface area contributed by atoms with Gasteiger partial charge in [-0.15, -0.1) is 0 Å². The molecule has 0 fully saturated rings. The molecule has 0 aliphatic heterocycles. The van der Waals surface area contributed by atoms with E-state index in [0.717, 1.165) is 18.2 Å². The van der Waals surface area contributed by atoms with E-state index in [2.05, 4.69) is 9.97 Å². The molecule has 106 valence electrons. The predicted molar refractivity (Wildman–Crippen MR) is 74.9 cm³/mol. The number of halogens is 5. The molecule has 0 aliphatic carbocycles. The van der Waals surface area contributed by atoms with Crippen LogP contribution in [-0.2, 0) is 0 Å². The molecule has 3 aromatic rings. The number of benzene rings is 2. The third-order valence-corrected chi connectivity index (χ3v) is 3.42. The maximum atomic E-state index is 13.8. The van der Waals surface area contributed by atoms with Crippen LogP contribution in [0, 0.1) is 17.5 Å². The van der Waals surface area contributed by atoms with Crippen LogP contribution >= 0.6 is 23.2 Å². The number of rotatable bonds is 1. The van der Waals surface area contributed by atoms with Gasteiger partial charge >= 0.3 is 0 Å². The van der Waals surface area contributed by atoms with Gasteiger partial charge in [-0.1, -0.05) is 23.2 Å². The Balaban J connectivity index is 2.32. The molecular formula is C14H5Cl2F3N2. The first kappa shape index (κ1) is 14.1. The Morgan fingerprint density at radius 2 is 1.52 bits per heavy atom. The fraction of sp³-hybridized carbons (Fsp3) is 0. The lowest BCUT2D eigenvalue weighted by molar-refractivity contribution is 0.584. The monoisotopic (exact) mass is 328 g/mol. The van der Waals surface area contributed by atoms with Crippen LogP contribution in [0.15, 0.2) is 30.3 Å². The van der Waals surface area contributed by atoms with E-state index >= 15 is 0 Å². The summed E-state index contributed by atoms with van der Waals surface area (Å²) in [6.07, 6.45) is 0. The van der Waals surface area contributed by atoms with E-state index < -0.39 is 17.5 Å². The van der Waals surface area contributed by atoms with Crippen LogP contribution in [0.25, 0.3) is 22.3 Å². The van der Waals surface area contributed by atoms with Gasteiger partial charge < -0.3 is 0 Å². The lowest BCUT2D eigenvalue weighted by atomic mass is 10.2. The van der Waals surface area contributed by atoms with E-state index in [1.807, 2.05) is 0 Å². The lowest BCUT2D eigenvalue weighted by Gasteiger charge is -2.07. The summed E-state index contributed by atoms with van der Waals surface area (Å²) in [5, 5.41) is 0.247. The zero-order valence-electron chi connectivity index (χ0n) is 10.2. The molecule has 0 saturated heterocycles. The molecule has 0 radical (unpaired) electrons. The minimum Gasteiger partial charge on any atom is -0.225 e.